The van der Waals surface area contributed by atoms with Crippen LogP contribution in [0.1, 0.15) is 11.1 Å². The monoisotopic (exact) mass is 420 g/mol. The third-order valence-electron chi connectivity index (χ3n) is 4.87. The van der Waals surface area contributed by atoms with Gasteiger partial charge in [-0.25, -0.2) is 9.97 Å². The summed E-state index contributed by atoms with van der Waals surface area (Å²) in [5, 5.41) is 4.04. The fourth-order valence-electron chi connectivity index (χ4n) is 3.34. The summed E-state index contributed by atoms with van der Waals surface area (Å²) in [7, 11) is 0. The van der Waals surface area contributed by atoms with Gasteiger partial charge in [0, 0.05) is 29.9 Å². The molecule has 154 valence electrons. The fourth-order valence-corrected chi connectivity index (χ4v) is 3.34. The minimum absolute atomic E-state index is 0.228. The highest BCUT2D eigenvalue weighted by molar-refractivity contribution is 6.05. The number of fused-ring (bicyclic) bond motifs is 3. The Morgan fingerprint density at radius 2 is 1.71 bits per heavy atom. The summed E-state index contributed by atoms with van der Waals surface area (Å²) in [6.07, 6.45) is -0.949. The number of alkyl halides is 3. The van der Waals surface area contributed by atoms with Gasteiger partial charge in [-0.05, 0) is 48.0 Å². The van der Waals surface area contributed by atoms with E-state index in [1.54, 1.807) is 12.4 Å². The normalized spacial score (nSPS) is 11.8. The third-order valence-corrected chi connectivity index (χ3v) is 4.87. The number of anilines is 1. The molecule has 0 atom stereocenters. The van der Waals surface area contributed by atoms with Crippen LogP contribution in [0.4, 0.5) is 19.0 Å². The molecule has 5 nitrogen and oxygen atoms in total. The lowest BCUT2D eigenvalue weighted by atomic mass is 10.1. The molecule has 0 aliphatic heterocycles. The van der Waals surface area contributed by atoms with Crippen LogP contribution < -0.4 is 5.32 Å². The summed E-state index contributed by atoms with van der Waals surface area (Å²) >= 11 is 0. The molecule has 0 aliphatic rings. The molecule has 2 aromatic carbocycles. The van der Waals surface area contributed by atoms with E-state index >= 15 is 0 Å². The topological polar surface area (TPSA) is 63.8 Å². The zero-order valence-electron chi connectivity index (χ0n) is 16.0. The number of nitrogens with one attached hydrogen (secondary N) is 1. The molecule has 3 aromatic heterocycles. The van der Waals surface area contributed by atoms with Gasteiger partial charge in [-0.1, -0.05) is 18.2 Å². The number of para-hydroxylation sites is 1. The van der Waals surface area contributed by atoms with Gasteiger partial charge in [0.2, 0.25) is 5.89 Å². The maximum absolute atomic E-state index is 12.9. The van der Waals surface area contributed by atoms with Crippen molar-refractivity contribution in [3.05, 3.63) is 84.2 Å². The number of benzene rings is 2. The lowest BCUT2D eigenvalue weighted by Crippen LogP contribution is -2.04. The maximum Gasteiger partial charge on any atom is 0.416 e. The summed E-state index contributed by atoms with van der Waals surface area (Å²) in [4.78, 5) is 13.3. The van der Waals surface area contributed by atoms with Crippen molar-refractivity contribution in [2.24, 2.45) is 0 Å². The van der Waals surface area contributed by atoms with Crippen LogP contribution in [0.15, 0.2) is 77.5 Å². The van der Waals surface area contributed by atoms with E-state index in [2.05, 4.69) is 20.3 Å². The van der Waals surface area contributed by atoms with E-state index in [1.165, 1.54) is 12.1 Å². The summed E-state index contributed by atoms with van der Waals surface area (Å²) in [6.45, 7) is 0.483. The van der Waals surface area contributed by atoms with Gasteiger partial charge in [0.25, 0.3) is 0 Å². The van der Waals surface area contributed by atoms with Gasteiger partial charge in [0.1, 0.15) is 0 Å². The van der Waals surface area contributed by atoms with Crippen LogP contribution in [-0.2, 0) is 12.7 Å². The van der Waals surface area contributed by atoms with Crippen molar-refractivity contribution in [2.45, 2.75) is 12.7 Å². The standard InChI is InChI=1S/C23H15F3N4O/c24-23(25,26)16-9-7-15(8-10-16)22-30-19-20(31-22)17-5-1-2-6-18(17)29-21(19)28-13-14-4-3-11-27-12-14/h1-12H,13H2,(H,28,29). The first kappa shape index (κ1) is 19.0. The van der Waals surface area contributed by atoms with Crippen LogP contribution in [0.3, 0.4) is 0 Å². The molecule has 0 amide bonds. The van der Waals surface area contributed by atoms with E-state index in [1.807, 2.05) is 36.4 Å². The van der Waals surface area contributed by atoms with Crippen molar-refractivity contribution in [3.8, 4) is 11.5 Å². The Bertz CT molecular complexity index is 1360. The van der Waals surface area contributed by atoms with Gasteiger partial charge in [-0.3, -0.25) is 4.98 Å². The third kappa shape index (κ3) is 3.68. The largest absolute Gasteiger partial charge is 0.435 e. The van der Waals surface area contributed by atoms with Gasteiger partial charge >= 0.3 is 6.18 Å². The minimum atomic E-state index is -4.40. The van der Waals surface area contributed by atoms with Gasteiger partial charge in [0.15, 0.2) is 16.9 Å². The fraction of sp³-hybridized carbons (Fsp3) is 0.0870. The lowest BCUT2D eigenvalue weighted by molar-refractivity contribution is -0.137. The Hall–Kier alpha value is -3.94. The SMILES string of the molecule is FC(F)(F)c1ccc(-c2nc3c(NCc4cccnc4)nc4ccccc4c3o2)cc1. The Morgan fingerprint density at radius 3 is 2.45 bits per heavy atom. The molecule has 3 heterocycles. The second-order valence-electron chi connectivity index (χ2n) is 6.96. The van der Waals surface area contributed by atoms with E-state index in [-0.39, 0.29) is 5.89 Å². The van der Waals surface area contributed by atoms with Crippen LogP contribution in [0.2, 0.25) is 0 Å². The molecule has 0 saturated heterocycles. The van der Waals surface area contributed by atoms with E-state index in [0.29, 0.717) is 29.0 Å². The molecule has 1 N–H and O–H groups in total. The van der Waals surface area contributed by atoms with Gasteiger partial charge in [-0.2, -0.15) is 13.2 Å². The average molecular weight is 420 g/mol. The van der Waals surface area contributed by atoms with E-state index in [4.69, 9.17) is 4.42 Å². The van der Waals surface area contributed by atoms with Gasteiger partial charge < -0.3 is 9.73 Å². The first-order valence-corrected chi connectivity index (χ1v) is 9.49. The number of pyridine rings is 2. The Balaban J connectivity index is 1.59. The molecule has 8 heteroatoms. The van der Waals surface area contributed by atoms with Gasteiger partial charge in [-0.15, -0.1) is 0 Å². The summed E-state index contributed by atoms with van der Waals surface area (Å²) < 4.78 is 44.6. The Morgan fingerprint density at radius 1 is 0.903 bits per heavy atom. The predicted octanol–water partition coefficient (Wildman–Crippen LogP) is 6.07. The molecule has 0 radical (unpaired) electrons. The highest BCUT2D eigenvalue weighted by Crippen LogP contribution is 2.35. The molecule has 0 unspecified atom stereocenters. The Labute approximate surface area is 174 Å². The van der Waals surface area contributed by atoms with Crippen molar-refractivity contribution in [1.82, 2.24) is 15.0 Å². The average Bonchev–Trinajstić information content (AvgIpc) is 3.24. The van der Waals surface area contributed by atoms with Crippen molar-refractivity contribution in [1.29, 1.82) is 0 Å². The number of hydrogen-bond acceptors (Lipinski definition) is 5. The summed E-state index contributed by atoms with van der Waals surface area (Å²) in [5.74, 6) is 0.755. The maximum atomic E-state index is 12.9. The first-order valence-electron chi connectivity index (χ1n) is 9.49. The summed E-state index contributed by atoms with van der Waals surface area (Å²) in [5.41, 5.74) is 2.45. The quantitative estimate of drug-likeness (QED) is 0.382. The van der Waals surface area contributed by atoms with Crippen molar-refractivity contribution >= 4 is 27.8 Å². The number of rotatable bonds is 4. The molecular weight excluding hydrogens is 405 g/mol. The summed E-state index contributed by atoms with van der Waals surface area (Å²) in [6, 6.07) is 16.0. The second-order valence-corrected chi connectivity index (χ2v) is 6.96. The molecule has 0 aliphatic carbocycles. The number of halogens is 3. The molecule has 5 aromatic rings. The van der Waals surface area contributed by atoms with E-state index in [0.717, 1.165) is 28.6 Å². The number of hydrogen-bond donors (Lipinski definition) is 1. The van der Waals surface area contributed by atoms with Crippen LogP contribution in [0, 0.1) is 0 Å². The number of oxazole rings is 1. The zero-order valence-corrected chi connectivity index (χ0v) is 16.0. The van der Waals surface area contributed by atoms with Crippen LogP contribution in [0.25, 0.3) is 33.5 Å². The van der Waals surface area contributed by atoms with Crippen molar-refractivity contribution in [2.75, 3.05) is 5.32 Å². The molecule has 0 bridgehead atoms. The van der Waals surface area contributed by atoms with Crippen molar-refractivity contribution < 1.29 is 17.6 Å². The minimum Gasteiger partial charge on any atom is -0.435 e. The first-order chi connectivity index (χ1) is 15.0. The molecule has 0 saturated carbocycles. The molecule has 0 spiro atoms. The van der Waals surface area contributed by atoms with Gasteiger partial charge in [0.05, 0.1) is 11.1 Å². The Kier molecular flexibility index (Phi) is 4.54. The smallest absolute Gasteiger partial charge is 0.416 e. The number of nitrogens with zero attached hydrogens (tertiary/aromatic N) is 3. The number of aromatic nitrogens is 3. The highest BCUT2D eigenvalue weighted by atomic mass is 19.4. The zero-order chi connectivity index (χ0) is 21.4. The van der Waals surface area contributed by atoms with Crippen LogP contribution in [0.5, 0.6) is 0 Å². The molecular formula is C23H15F3N4O. The van der Waals surface area contributed by atoms with E-state index < -0.39 is 11.7 Å². The predicted molar refractivity (Wildman–Crippen MR) is 111 cm³/mol. The lowest BCUT2D eigenvalue weighted by Gasteiger charge is -2.07. The van der Waals surface area contributed by atoms with Crippen molar-refractivity contribution in [3.63, 3.8) is 0 Å². The van der Waals surface area contributed by atoms with Crippen LogP contribution >= 0.6 is 0 Å². The highest BCUT2D eigenvalue weighted by Gasteiger charge is 2.30. The van der Waals surface area contributed by atoms with Crippen LogP contribution in [-0.4, -0.2) is 15.0 Å². The molecule has 5 rings (SSSR count). The second kappa shape index (κ2) is 7.39. The molecule has 0 fully saturated rings. The molecule has 31 heavy (non-hydrogen) atoms. The van der Waals surface area contributed by atoms with E-state index in [9.17, 15) is 13.2 Å².